The first-order chi connectivity index (χ1) is 10.5. The van der Waals surface area contributed by atoms with E-state index in [0.29, 0.717) is 24.3 Å². The highest BCUT2D eigenvalue weighted by molar-refractivity contribution is 7.92. The van der Waals surface area contributed by atoms with Crippen LogP contribution in [0.3, 0.4) is 0 Å². The van der Waals surface area contributed by atoms with Gasteiger partial charge in [-0.3, -0.25) is 4.72 Å². The summed E-state index contributed by atoms with van der Waals surface area (Å²) in [7, 11) is -3.62. The molecule has 0 spiro atoms. The van der Waals surface area contributed by atoms with Gasteiger partial charge in [-0.05, 0) is 37.6 Å². The van der Waals surface area contributed by atoms with E-state index in [-0.39, 0.29) is 11.5 Å². The van der Waals surface area contributed by atoms with Gasteiger partial charge < -0.3 is 10.4 Å². The highest BCUT2D eigenvalue weighted by atomic mass is 32.2. The number of aliphatic hydroxyl groups excluding tert-OH is 1. The molecule has 0 unspecified atom stereocenters. The van der Waals surface area contributed by atoms with Gasteiger partial charge in [-0.2, -0.15) is 0 Å². The summed E-state index contributed by atoms with van der Waals surface area (Å²) in [5, 5.41) is 11.9. The van der Waals surface area contributed by atoms with E-state index >= 15 is 0 Å². The fraction of sp³-hybridized carbons (Fsp3) is 0.250. The van der Waals surface area contributed by atoms with E-state index in [1.165, 1.54) is 0 Å². The second-order valence-corrected chi connectivity index (χ2v) is 6.65. The van der Waals surface area contributed by atoms with Crippen molar-refractivity contribution >= 4 is 21.4 Å². The van der Waals surface area contributed by atoms with Crippen LogP contribution in [0.15, 0.2) is 53.4 Å². The predicted molar refractivity (Wildman–Crippen MR) is 88.6 cm³/mol. The molecule has 0 aliphatic carbocycles. The molecular weight excluding hydrogens is 300 g/mol. The summed E-state index contributed by atoms with van der Waals surface area (Å²) in [6.45, 7) is 2.56. The molecule has 0 bridgehead atoms. The molecule has 0 heterocycles. The van der Waals surface area contributed by atoms with Crippen molar-refractivity contribution in [1.29, 1.82) is 0 Å². The van der Waals surface area contributed by atoms with Crippen molar-refractivity contribution in [2.45, 2.75) is 18.2 Å². The molecule has 0 radical (unpaired) electrons. The molecule has 0 aliphatic heterocycles. The van der Waals surface area contributed by atoms with Crippen molar-refractivity contribution in [1.82, 2.24) is 0 Å². The predicted octanol–water partition coefficient (Wildman–Crippen LogP) is 2.59. The number of benzene rings is 2. The topological polar surface area (TPSA) is 78.4 Å². The number of aliphatic hydroxyl groups is 1. The molecule has 118 valence electrons. The molecule has 0 aliphatic rings. The molecule has 0 amide bonds. The maximum Gasteiger partial charge on any atom is 0.261 e. The quantitative estimate of drug-likeness (QED) is 0.685. The van der Waals surface area contributed by atoms with Gasteiger partial charge in [-0.25, -0.2) is 8.42 Å². The Bertz CT molecular complexity index is 712. The number of aryl methyl sites for hydroxylation is 1. The molecule has 6 heteroatoms. The molecule has 0 fully saturated rings. The molecule has 2 aromatic carbocycles. The first-order valence-electron chi connectivity index (χ1n) is 7.06. The Labute approximate surface area is 131 Å². The summed E-state index contributed by atoms with van der Waals surface area (Å²) in [6, 6.07) is 13.8. The lowest BCUT2D eigenvalue weighted by Crippen LogP contribution is -2.15. The largest absolute Gasteiger partial charge is 0.396 e. The van der Waals surface area contributed by atoms with Crippen molar-refractivity contribution in [2.24, 2.45) is 0 Å². The van der Waals surface area contributed by atoms with Crippen molar-refractivity contribution < 1.29 is 13.5 Å². The summed E-state index contributed by atoms with van der Waals surface area (Å²) in [4.78, 5) is 0.225. The van der Waals surface area contributed by atoms with E-state index in [1.54, 1.807) is 42.5 Å². The van der Waals surface area contributed by atoms with Crippen LogP contribution in [0.2, 0.25) is 0 Å². The Kier molecular flexibility index (Phi) is 5.41. The number of sulfonamides is 1. The molecule has 0 aromatic heterocycles. The number of hydrogen-bond donors (Lipinski definition) is 3. The lowest BCUT2D eigenvalue weighted by atomic mass is 10.2. The Morgan fingerprint density at radius 3 is 2.27 bits per heavy atom. The van der Waals surface area contributed by atoms with Gasteiger partial charge >= 0.3 is 0 Å². The van der Waals surface area contributed by atoms with Gasteiger partial charge in [0.15, 0.2) is 0 Å². The zero-order valence-corrected chi connectivity index (χ0v) is 13.2. The molecule has 0 atom stereocenters. The maximum atomic E-state index is 12.4. The highest BCUT2D eigenvalue weighted by Crippen LogP contribution is 2.24. The highest BCUT2D eigenvalue weighted by Gasteiger charge is 2.15. The van der Waals surface area contributed by atoms with Crippen molar-refractivity contribution in [2.75, 3.05) is 23.2 Å². The Hall–Kier alpha value is -2.05. The van der Waals surface area contributed by atoms with E-state index in [9.17, 15) is 8.42 Å². The summed E-state index contributed by atoms with van der Waals surface area (Å²) in [6.07, 6.45) is 0.596. The standard InChI is InChI=1S/C16H20N2O3S/c1-13-7-9-14(10-8-13)22(20,21)18-16-6-3-2-5-15(16)17-11-4-12-19/h2-3,5-10,17-19H,4,11-12H2,1H3. The normalized spacial score (nSPS) is 11.2. The summed E-state index contributed by atoms with van der Waals surface area (Å²) >= 11 is 0. The van der Waals surface area contributed by atoms with E-state index in [1.807, 2.05) is 13.0 Å². The molecule has 3 N–H and O–H groups in total. The fourth-order valence-corrected chi connectivity index (χ4v) is 3.03. The van der Waals surface area contributed by atoms with Gasteiger partial charge in [0, 0.05) is 13.2 Å². The average Bonchev–Trinajstić information content (AvgIpc) is 2.49. The third kappa shape index (κ3) is 4.22. The number of nitrogens with one attached hydrogen (secondary N) is 2. The third-order valence-corrected chi connectivity index (χ3v) is 4.53. The van der Waals surface area contributed by atoms with E-state index in [0.717, 1.165) is 5.56 Å². The lowest BCUT2D eigenvalue weighted by molar-refractivity contribution is 0.292. The first kappa shape index (κ1) is 16.3. The molecule has 22 heavy (non-hydrogen) atoms. The van der Waals surface area contributed by atoms with Gasteiger partial charge in [0.2, 0.25) is 0 Å². The van der Waals surface area contributed by atoms with Crippen LogP contribution in [-0.4, -0.2) is 26.7 Å². The zero-order chi connectivity index (χ0) is 16.0. The smallest absolute Gasteiger partial charge is 0.261 e. The molecule has 0 saturated carbocycles. The molecule has 5 nitrogen and oxygen atoms in total. The molecule has 2 rings (SSSR count). The van der Waals surface area contributed by atoms with E-state index < -0.39 is 10.0 Å². The lowest BCUT2D eigenvalue weighted by Gasteiger charge is -2.14. The van der Waals surface area contributed by atoms with Crippen LogP contribution < -0.4 is 10.0 Å². The number of hydrogen-bond acceptors (Lipinski definition) is 4. The average molecular weight is 320 g/mol. The minimum atomic E-state index is -3.62. The van der Waals surface area contributed by atoms with Crippen LogP contribution >= 0.6 is 0 Å². The minimum absolute atomic E-state index is 0.0876. The van der Waals surface area contributed by atoms with Gasteiger partial charge in [-0.1, -0.05) is 29.8 Å². The Morgan fingerprint density at radius 1 is 1.00 bits per heavy atom. The summed E-state index contributed by atoms with van der Waals surface area (Å²) < 4.78 is 27.4. The van der Waals surface area contributed by atoms with Crippen LogP contribution in [0.1, 0.15) is 12.0 Å². The number of rotatable bonds is 7. The van der Waals surface area contributed by atoms with Gasteiger partial charge in [0.1, 0.15) is 0 Å². The monoisotopic (exact) mass is 320 g/mol. The molecule has 0 saturated heterocycles. The van der Waals surface area contributed by atoms with Crippen LogP contribution in [-0.2, 0) is 10.0 Å². The van der Waals surface area contributed by atoms with Gasteiger partial charge in [-0.15, -0.1) is 0 Å². The first-order valence-corrected chi connectivity index (χ1v) is 8.54. The van der Waals surface area contributed by atoms with Crippen molar-refractivity contribution in [3.8, 4) is 0 Å². The van der Waals surface area contributed by atoms with Gasteiger partial charge in [0.05, 0.1) is 16.3 Å². The van der Waals surface area contributed by atoms with Crippen molar-refractivity contribution in [3.05, 3.63) is 54.1 Å². The van der Waals surface area contributed by atoms with E-state index in [2.05, 4.69) is 10.0 Å². The zero-order valence-electron chi connectivity index (χ0n) is 12.4. The van der Waals surface area contributed by atoms with Crippen LogP contribution in [0, 0.1) is 6.92 Å². The van der Waals surface area contributed by atoms with Crippen LogP contribution in [0.25, 0.3) is 0 Å². The molecular formula is C16H20N2O3S. The Balaban J connectivity index is 2.20. The third-order valence-electron chi connectivity index (χ3n) is 3.15. The summed E-state index contributed by atoms with van der Waals surface area (Å²) in [5.41, 5.74) is 2.18. The maximum absolute atomic E-state index is 12.4. The second-order valence-electron chi connectivity index (χ2n) is 4.97. The van der Waals surface area contributed by atoms with Crippen LogP contribution in [0.4, 0.5) is 11.4 Å². The van der Waals surface area contributed by atoms with Gasteiger partial charge in [0.25, 0.3) is 10.0 Å². The molecule has 2 aromatic rings. The minimum Gasteiger partial charge on any atom is -0.396 e. The van der Waals surface area contributed by atoms with Crippen molar-refractivity contribution in [3.63, 3.8) is 0 Å². The van der Waals surface area contributed by atoms with Crippen LogP contribution in [0.5, 0.6) is 0 Å². The summed E-state index contributed by atoms with van der Waals surface area (Å²) in [5.74, 6) is 0. The number of para-hydroxylation sites is 2. The SMILES string of the molecule is Cc1ccc(S(=O)(=O)Nc2ccccc2NCCCO)cc1. The second kappa shape index (κ2) is 7.29. The fourth-order valence-electron chi connectivity index (χ4n) is 1.95. The number of anilines is 2. The Morgan fingerprint density at radius 2 is 1.64 bits per heavy atom. The van der Waals surface area contributed by atoms with E-state index in [4.69, 9.17) is 5.11 Å².